The van der Waals surface area contributed by atoms with E-state index in [1.165, 1.54) is 0 Å². The summed E-state index contributed by atoms with van der Waals surface area (Å²) in [6, 6.07) is 0. The first-order valence-electron chi connectivity index (χ1n) is 3.00. The highest BCUT2D eigenvalue weighted by Gasteiger charge is 2.16. The molecule has 11 heavy (non-hydrogen) atoms. The van der Waals surface area contributed by atoms with Gasteiger partial charge in [-0.2, -0.15) is 0 Å². The van der Waals surface area contributed by atoms with E-state index < -0.39 is 5.97 Å². The van der Waals surface area contributed by atoms with Crippen LogP contribution in [-0.2, 0) is 4.74 Å². The number of aromatic nitrogens is 2. The quantitative estimate of drug-likeness (QED) is 0.599. The van der Waals surface area contributed by atoms with Gasteiger partial charge in [-0.25, -0.2) is 4.79 Å². The lowest BCUT2D eigenvalue weighted by atomic mass is 10.4. The molecule has 0 spiro atoms. The highest BCUT2D eigenvalue weighted by Crippen LogP contribution is 2.06. The lowest BCUT2D eigenvalue weighted by Crippen LogP contribution is -2.07. The van der Waals surface area contributed by atoms with E-state index in [2.05, 4.69) is 19.6 Å². The van der Waals surface area contributed by atoms with E-state index in [-0.39, 0.29) is 18.2 Å². The summed E-state index contributed by atoms with van der Waals surface area (Å²) < 4.78 is 8.93. The molecule has 60 valence electrons. The van der Waals surface area contributed by atoms with Crippen LogP contribution >= 0.6 is 0 Å². The maximum Gasteiger partial charge on any atom is 0.364 e. The minimum absolute atomic E-state index is 0.0770. The molecule has 0 aliphatic heterocycles. The Labute approximate surface area is 62.3 Å². The van der Waals surface area contributed by atoms with Crippen molar-refractivity contribution in [1.82, 2.24) is 10.4 Å². The Hall–Kier alpha value is -1.59. The lowest BCUT2D eigenvalue weighted by Gasteiger charge is -1.95. The van der Waals surface area contributed by atoms with Gasteiger partial charge in [0.05, 0.1) is 6.61 Å². The van der Waals surface area contributed by atoms with Gasteiger partial charge in [-0.3, -0.25) is 0 Å². The maximum atomic E-state index is 10.9. The number of rotatable bonds is 2. The minimum atomic E-state index is -0.619. The fraction of sp³-hybridized carbons (Fsp3) is 0.400. The molecule has 0 aliphatic carbocycles. The second-order valence-corrected chi connectivity index (χ2v) is 1.71. The Bertz CT molecular complexity index is 257. The van der Waals surface area contributed by atoms with Crippen molar-refractivity contribution in [2.24, 2.45) is 0 Å². The highest BCUT2D eigenvalue weighted by atomic mass is 16.5. The van der Waals surface area contributed by atoms with E-state index >= 15 is 0 Å². The molecule has 0 atom stereocenters. The smallest absolute Gasteiger partial charge is 0.364 e. The molecular weight excluding hydrogens is 150 g/mol. The number of hydrogen-bond donors (Lipinski definition) is 1. The Morgan fingerprint density at radius 1 is 1.82 bits per heavy atom. The number of nitrogen functional groups attached to an aromatic ring is 1. The molecule has 0 unspecified atom stereocenters. The zero-order valence-electron chi connectivity index (χ0n) is 5.90. The van der Waals surface area contributed by atoms with Crippen LogP contribution in [0.25, 0.3) is 0 Å². The number of esters is 1. The Morgan fingerprint density at radius 2 is 2.55 bits per heavy atom. The van der Waals surface area contributed by atoms with Gasteiger partial charge in [0.15, 0.2) is 0 Å². The van der Waals surface area contributed by atoms with Gasteiger partial charge in [0.1, 0.15) is 0 Å². The summed E-state index contributed by atoms with van der Waals surface area (Å²) in [6.45, 7) is 1.95. The number of hydrogen-bond acceptors (Lipinski definition) is 6. The summed E-state index contributed by atoms with van der Waals surface area (Å²) in [5.74, 6) is -0.741. The van der Waals surface area contributed by atoms with Crippen molar-refractivity contribution in [3.8, 4) is 0 Å². The molecule has 0 fully saturated rings. The first-order chi connectivity index (χ1) is 5.25. The third-order valence-electron chi connectivity index (χ3n) is 0.982. The molecule has 1 aromatic heterocycles. The van der Waals surface area contributed by atoms with E-state index in [1.54, 1.807) is 6.92 Å². The predicted octanol–water partition coefficient (Wildman–Crippen LogP) is -0.171. The van der Waals surface area contributed by atoms with Crippen LogP contribution in [0.3, 0.4) is 0 Å². The van der Waals surface area contributed by atoms with Gasteiger partial charge in [0.25, 0.3) is 5.88 Å². The van der Waals surface area contributed by atoms with Gasteiger partial charge in [0, 0.05) is 5.27 Å². The van der Waals surface area contributed by atoms with Crippen LogP contribution in [0.5, 0.6) is 0 Å². The number of nitrogens with two attached hydrogens (primary N) is 1. The summed E-state index contributed by atoms with van der Waals surface area (Å²) in [4.78, 5) is 10.9. The molecular formula is C5H7N3O3. The van der Waals surface area contributed by atoms with Gasteiger partial charge in [-0.15, -0.1) is 5.10 Å². The van der Waals surface area contributed by atoms with Crippen LogP contribution in [-0.4, -0.2) is 22.9 Å². The predicted molar refractivity (Wildman–Crippen MR) is 34.7 cm³/mol. The topological polar surface area (TPSA) is 91.2 Å². The molecule has 0 amide bonds. The average Bonchev–Trinajstić information content (AvgIpc) is 2.36. The van der Waals surface area contributed by atoms with E-state index in [0.29, 0.717) is 0 Å². The zero-order chi connectivity index (χ0) is 8.27. The molecule has 0 saturated heterocycles. The molecule has 0 saturated carbocycles. The summed E-state index contributed by atoms with van der Waals surface area (Å²) in [6.07, 6.45) is 0. The van der Waals surface area contributed by atoms with Gasteiger partial charge in [-0.05, 0) is 6.92 Å². The van der Waals surface area contributed by atoms with Crippen LogP contribution in [0.1, 0.15) is 17.4 Å². The third-order valence-corrected chi connectivity index (χ3v) is 0.982. The van der Waals surface area contributed by atoms with Crippen LogP contribution in [0.4, 0.5) is 5.88 Å². The number of nitrogens with zero attached hydrogens (tertiary/aromatic N) is 2. The van der Waals surface area contributed by atoms with Crippen molar-refractivity contribution in [3.05, 3.63) is 5.69 Å². The van der Waals surface area contributed by atoms with Crippen molar-refractivity contribution >= 4 is 11.9 Å². The summed E-state index contributed by atoms with van der Waals surface area (Å²) >= 11 is 0. The van der Waals surface area contributed by atoms with Crippen LogP contribution in [0, 0.1) is 0 Å². The molecule has 1 aromatic rings. The lowest BCUT2D eigenvalue weighted by molar-refractivity contribution is 0.0520. The van der Waals surface area contributed by atoms with E-state index in [9.17, 15) is 4.79 Å². The van der Waals surface area contributed by atoms with Gasteiger partial charge >= 0.3 is 5.97 Å². The minimum Gasteiger partial charge on any atom is -0.461 e. The average molecular weight is 157 g/mol. The van der Waals surface area contributed by atoms with Crippen molar-refractivity contribution < 1.29 is 14.1 Å². The van der Waals surface area contributed by atoms with Crippen molar-refractivity contribution in [1.29, 1.82) is 0 Å². The van der Waals surface area contributed by atoms with Crippen molar-refractivity contribution in [2.45, 2.75) is 6.92 Å². The van der Waals surface area contributed by atoms with Crippen molar-refractivity contribution in [2.75, 3.05) is 12.3 Å². The standard InChI is InChI=1S/C5H7N3O3/c1-2-10-5(9)3-4(6)11-8-7-3/h2,6H2,1H3. The number of anilines is 1. The largest absolute Gasteiger partial charge is 0.461 e. The van der Waals surface area contributed by atoms with Crippen LogP contribution < -0.4 is 5.73 Å². The third kappa shape index (κ3) is 1.46. The second-order valence-electron chi connectivity index (χ2n) is 1.71. The number of carbonyl (C=O) groups is 1. The Balaban J connectivity index is 2.76. The Morgan fingerprint density at radius 3 is 3.00 bits per heavy atom. The second kappa shape index (κ2) is 3.00. The molecule has 1 rings (SSSR count). The monoisotopic (exact) mass is 157 g/mol. The fourth-order valence-corrected chi connectivity index (χ4v) is 0.539. The van der Waals surface area contributed by atoms with Crippen LogP contribution in [0.15, 0.2) is 4.52 Å². The molecule has 6 heteroatoms. The number of ether oxygens (including phenoxy) is 1. The summed E-state index contributed by atoms with van der Waals surface area (Å²) in [5, 5.41) is 6.39. The van der Waals surface area contributed by atoms with Gasteiger partial charge < -0.3 is 15.0 Å². The van der Waals surface area contributed by atoms with E-state index in [0.717, 1.165) is 0 Å². The molecule has 0 aliphatic rings. The van der Waals surface area contributed by atoms with Crippen molar-refractivity contribution in [3.63, 3.8) is 0 Å². The fourth-order valence-electron chi connectivity index (χ4n) is 0.539. The van der Waals surface area contributed by atoms with Gasteiger partial charge in [-0.1, -0.05) is 0 Å². The normalized spacial score (nSPS) is 9.55. The molecule has 6 nitrogen and oxygen atoms in total. The molecule has 0 radical (unpaired) electrons. The molecule has 1 heterocycles. The summed E-state index contributed by atoms with van der Waals surface area (Å²) in [7, 11) is 0. The summed E-state index contributed by atoms with van der Waals surface area (Å²) in [5.41, 5.74) is 5.10. The number of carbonyl (C=O) groups excluding carboxylic acids is 1. The molecule has 0 bridgehead atoms. The van der Waals surface area contributed by atoms with E-state index in [1.807, 2.05) is 0 Å². The van der Waals surface area contributed by atoms with Crippen LogP contribution in [0.2, 0.25) is 0 Å². The Kier molecular flexibility index (Phi) is 2.05. The first-order valence-corrected chi connectivity index (χ1v) is 3.00. The van der Waals surface area contributed by atoms with Gasteiger partial charge in [0.2, 0.25) is 5.69 Å². The zero-order valence-corrected chi connectivity index (χ0v) is 5.90. The SMILES string of the molecule is CCOC(=O)c1nnoc1N. The first kappa shape index (κ1) is 7.52. The molecule has 2 N–H and O–H groups in total. The van der Waals surface area contributed by atoms with E-state index in [4.69, 9.17) is 5.73 Å². The highest BCUT2D eigenvalue weighted by molar-refractivity contribution is 5.91. The molecule has 0 aromatic carbocycles. The maximum absolute atomic E-state index is 10.9.